The third kappa shape index (κ3) is 4.60. The van der Waals surface area contributed by atoms with Gasteiger partial charge in [0.05, 0.1) is 18.9 Å². The van der Waals surface area contributed by atoms with Gasteiger partial charge < -0.3 is 14.5 Å². The van der Waals surface area contributed by atoms with E-state index >= 15 is 0 Å². The van der Waals surface area contributed by atoms with Crippen LogP contribution in [0, 0.1) is 6.92 Å². The quantitative estimate of drug-likeness (QED) is 0.785. The van der Waals surface area contributed by atoms with Crippen LogP contribution in [0.2, 0.25) is 0 Å². The number of amides is 1. The van der Waals surface area contributed by atoms with Crippen LogP contribution in [0.15, 0.2) is 24.5 Å². The van der Waals surface area contributed by atoms with E-state index in [0.29, 0.717) is 13.0 Å². The maximum absolute atomic E-state index is 12.5. The summed E-state index contributed by atoms with van der Waals surface area (Å²) in [5.74, 6) is 1.11. The Hall–Kier alpha value is -2.41. The fourth-order valence-electron chi connectivity index (χ4n) is 3.17. The molecule has 3 heterocycles. The van der Waals surface area contributed by atoms with Gasteiger partial charge in [-0.3, -0.25) is 9.48 Å². The van der Waals surface area contributed by atoms with Crippen molar-refractivity contribution < 1.29 is 9.53 Å². The number of carbonyl (C=O) groups excluding carboxylic acids is 1. The summed E-state index contributed by atoms with van der Waals surface area (Å²) in [4.78, 5) is 20.9. The van der Waals surface area contributed by atoms with E-state index in [-0.39, 0.29) is 5.91 Å². The van der Waals surface area contributed by atoms with Crippen LogP contribution in [0.5, 0.6) is 0 Å². The van der Waals surface area contributed by atoms with Crippen molar-refractivity contribution in [2.24, 2.45) is 7.05 Å². The molecule has 0 unspecified atom stereocenters. The maximum atomic E-state index is 12.5. The zero-order valence-electron chi connectivity index (χ0n) is 15.8. The van der Waals surface area contributed by atoms with Crippen LogP contribution in [0.4, 0.5) is 5.82 Å². The lowest BCUT2D eigenvalue weighted by Gasteiger charge is -2.28. The summed E-state index contributed by atoms with van der Waals surface area (Å²) >= 11 is 0. The Morgan fingerprint density at radius 3 is 2.81 bits per heavy atom. The molecule has 26 heavy (non-hydrogen) atoms. The molecule has 0 saturated carbocycles. The number of aryl methyl sites for hydroxylation is 3. The molecule has 0 spiro atoms. The molecule has 0 aromatic carbocycles. The first-order chi connectivity index (χ1) is 12.5. The molecule has 1 fully saturated rings. The van der Waals surface area contributed by atoms with Crippen molar-refractivity contribution in [1.82, 2.24) is 19.7 Å². The van der Waals surface area contributed by atoms with Gasteiger partial charge in [-0.1, -0.05) is 0 Å². The lowest BCUT2D eigenvalue weighted by Crippen LogP contribution is -2.36. The number of hydrogen-bond acceptors (Lipinski definition) is 5. The van der Waals surface area contributed by atoms with Crippen molar-refractivity contribution in [3.8, 4) is 0 Å². The number of pyridine rings is 1. The highest BCUT2D eigenvalue weighted by molar-refractivity contribution is 5.76. The molecule has 2 aromatic heterocycles. The van der Waals surface area contributed by atoms with E-state index in [1.165, 1.54) is 0 Å². The minimum absolute atomic E-state index is 0.137. The zero-order valence-corrected chi connectivity index (χ0v) is 15.8. The van der Waals surface area contributed by atoms with Crippen LogP contribution in [-0.4, -0.2) is 58.9 Å². The van der Waals surface area contributed by atoms with Crippen LogP contribution < -0.4 is 4.90 Å². The van der Waals surface area contributed by atoms with Gasteiger partial charge in [0.2, 0.25) is 5.91 Å². The standard InChI is InChI=1S/C19H27N5O2/c1-15-17(14-23(3)21-15)13-22(2)19(25)5-4-16-6-7-20-18(12-16)24-8-10-26-11-9-24/h6-7,12,14H,4-5,8-11,13H2,1-3H3. The fraction of sp³-hybridized carbons (Fsp3) is 0.526. The highest BCUT2D eigenvalue weighted by atomic mass is 16.5. The molecule has 140 valence electrons. The van der Waals surface area contributed by atoms with Crippen molar-refractivity contribution in [3.05, 3.63) is 41.3 Å². The molecule has 1 saturated heterocycles. The van der Waals surface area contributed by atoms with Crippen molar-refractivity contribution in [2.45, 2.75) is 26.3 Å². The molecule has 3 rings (SSSR count). The van der Waals surface area contributed by atoms with Gasteiger partial charge in [-0.25, -0.2) is 4.98 Å². The number of ether oxygens (including phenoxy) is 1. The number of nitrogens with zero attached hydrogens (tertiary/aromatic N) is 5. The molecule has 0 N–H and O–H groups in total. The molecule has 1 amide bonds. The van der Waals surface area contributed by atoms with Crippen LogP contribution in [-0.2, 0) is 29.5 Å². The Morgan fingerprint density at radius 2 is 2.12 bits per heavy atom. The molecule has 0 bridgehead atoms. The molecule has 7 nitrogen and oxygen atoms in total. The van der Waals surface area contributed by atoms with Gasteiger partial charge in [-0.15, -0.1) is 0 Å². The first-order valence-corrected chi connectivity index (χ1v) is 9.03. The molecular formula is C19H27N5O2. The average molecular weight is 357 g/mol. The van der Waals surface area contributed by atoms with Gasteiger partial charge in [0, 0.05) is 58.1 Å². The first-order valence-electron chi connectivity index (χ1n) is 9.03. The minimum Gasteiger partial charge on any atom is -0.378 e. The number of rotatable bonds is 6. The molecule has 7 heteroatoms. The molecular weight excluding hydrogens is 330 g/mol. The topological polar surface area (TPSA) is 63.5 Å². The Bertz CT molecular complexity index is 752. The van der Waals surface area contributed by atoms with E-state index in [1.54, 1.807) is 9.58 Å². The van der Waals surface area contributed by atoms with E-state index in [2.05, 4.69) is 21.0 Å². The monoisotopic (exact) mass is 357 g/mol. The van der Waals surface area contributed by atoms with Crippen LogP contribution in [0.3, 0.4) is 0 Å². The van der Waals surface area contributed by atoms with E-state index < -0.39 is 0 Å². The smallest absolute Gasteiger partial charge is 0.222 e. The van der Waals surface area contributed by atoms with Gasteiger partial charge in [-0.2, -0.15) is 5.10 Å². The van der Waals surface area contributed by atoms with Gasteiger partial charge >= 0.3 is 0 Å². The van der Waals surface area contributed by atoms with E-state index in [9.17, 15) is 4.79 Å². The highest BCUT2D eigenvalue weighted by Gasteiger charge is 2.15. The summed E-state index contributed by atoms with van der Waals surface area (Å²) < 4.78 is 7.17. The fourth-order valence-corrected chi connectivity index (χ4v) is 3.17. The van der Waals surface area contributed by atoms with E-state index in [1.807, 2.05) is 39.5 Å². The Morgan fingerprint density at radius 1 is 1.35 bits per heavy atom. The zero-order chi connectivity index (χ0) is 18.5. The van der Waals surface area contributed by atoms with E-state index in [4.69, 9.17) is 4.74 Å². The van der Waals surface area contributed by atoms with Crippen molar-refractivity contribution in [2.75, 3.05) is 38.3 Å². The van der Waals surface area contributed by atoms with Crippen molar-refractivity contribution >= 4 is 11.7 Å². The number of carbonyl (C=O) groups is 1. The Kier molecular flexibility index (Phi) is 5.88. The molecule has 1 aliphatic rings. The normalized spacial score (nSPS) is 14.5. The second-order valence-electron chi connectivity index (χ2n) is 6.78. The molecule has 0 atom stereocenters. The van der Waals surface area contributed by atoms with E-state index in [0.717, 1.165) is 55.4 Å². The van der Waals surface area contributed by atoms with Crippen molar-refractivity contribution in [3.63, 3.8) is 0 Å². The number of aromatic nitrogens is 3. The highest BCUT2D eigenvalue weighted by Crippen LogP contribution is 2.16. The molecule has 2 aromatic rings. The second kappa shape index (κ2) is 8.31. The minimum atomic E-state index is 0.137. The van der Waals surface area contributed by atoms with Gasteiger partial charge in [0.25, 0.3) is 0 Å². The Labute approximate surface area is 154 Å². The maximum Gasteiger partial charge on any atom is 0.222 e. The lowest BCUT2D eigenvalue weighted by molar-refractivity contribution is -0.130. The summed E-state index contributed by atoms with van der Waals surface area (Å²) in [6.07, 6.45) is 5.00. The van der Waals surface area contributed by atoms with Gasteiger partial charge in [0.1, 0.15) is 5.82 Å². The molecule has 0 radical (unpaired) electrons. The van der Waals surface area contributed by atoms with Crippen molar-refractivity contribution in [1.29, 1.82) is 0 Å². The Balaban J connectivity index is 1.54. The van der Waals surface area contributed by atoms with Crippen LogP contribution in [0.25, 0.3) is 0 Å². The lowest BCUT2D eigenvalue weighted by atomic mass is 10.1. The SMILES string of the molecule is Cc1nn(C)cc1CN(C)C(=O)CCc1ccnc(N2CCOCC2)c1. The number of hydrogen-bond donors (Lipinski definition) is 0. The third-order valence-electron chi connectivity index (χ3n) is 4.72. The summed E-state index contributed by atoms with van der Waals surface area (Å²) in [7, 11) is 3.74. The number of morpholine rings is 1. The largest absolute Gasteiger partial charge is 0.378 e. The first kappa shape index (κ1) is 18.4. The number of anilines is 1. The summed E-state index contributed by atoms with van der Waals surface area (Å²) in [6, 6.07) is 4.08. The predicted molar refractivity (Wildman–Crippen MR) is 100 cm³/mol. The average Bonchev–Trinajstić information content (AvgIpc) is 2.97. The van der Waals surface area contributed by atoms with Crippen LogP contribution >= 0.6 is 0 Å². The second-order valence-corrected chi connectivity index (χ2v) is 6.78. The third-order valence-corrected chi connectivity index (χ3v) is 4.72. The van der Waals surface area contributed by atoms with Gasteiger partial charge in [0.15, 0.2) is 0 Å². The molecule has 1 aliphatic heterocycles. The summed E-state index contributed by atoms with van der Waals surface area (Å²) in [5, 5.41) is 4.33. The predicted octanol–water partition coefficient (Wildman–Crippen LogP) is 1.55. The summed E-state index contributed by atoms with van der Waals surface area (Å²) in [6.45, 7) is 5.77. The van der Waals surface area contributed by atoms with Crippen LogP contribution in [0.1, 0.15) is 23.2 Å². The molecule has 0 aliphatic carbocycles. The van der Waals surface area contributed by atoms with Gasteiger partial charge in [-0.05, 0) is 31.0 Å². The summed E-state index contributed by atoms with van der Waals surface area (Å²) in [5.41, 5.74) is 3.19.